The molecule has 2 aromatic rings. The number of para-hydroxylation sites is 1. The number of nitrogens with one attached hydrogen (secondary N) is 1. The molecule has 1 aliphatic heterocycles. The van der Waals surface area contributed by atoms with Gasteiger partial charge in [0.15, 0.2) is 11.5 Å². The van der Waals surface area contributed by atoms with E-state index in [0.717, 1.165) is 5.56 Å². The van der Waals surface area contributed by atoms with Crippen molar-refractivity contribution < 1.29 is 14.3 Å². The first-order chi connectivity index (χ1) is 9.74. The molecule has 0 aliphatic carbocycles. The predicted molar refractivity (Wildman–Crippen MR) is 73.0 cm³/mol. The molecule has 1 amide bonds. The lowest BCUT2D eigenvalue weighted by molar-refractivity contribution is 0.0945. The fraction of sp³-hybridized carbons (Fsp3) is 0.143. The zero-order valence-corrected chi connectivity index (χ0v) is 11.2. The minimum absolute atomic E-state index is 0.205. The maximum atomic E-state index is 12.0. The van der Waals surface area contributed by atoms with Crippen molar-refractivity contribution in [2.24, 2.45) is 0 Å². The van der Waals surface area contributed by atoms with Crippen LogP contribution in [0.3, 0.4) is 0 Å². The first kappa shape index (κ1) is 12.7. The smallest absolute Gasteiger partial charge is 0.270 e. The number of rotatable bonds is 3. The van der Waals surface area contributed by atoms with E-state index >= 15 is 0 Å². The lowest BCUT2D eigenvalue weighted by Crippen LogP contribution is -2.23. The number of halogens is 1. The Kier molecular flexibility index (Phi) is 3.43. The van der Waals surface area contributed by atoms with Gasteiger partial charge in [-0.25, -0.2) is 0 Å². The second-order valence-corrected chi connectivity index (χ2v) is 4.63. The molecule has 20 heavy (non-hydrogen) atoms. The largest absolute Gasteiger partial charge is 0.454 e. The molecule has 5 nitrogen and oxygen atoms in total. The van der Waals surface area contributed by atoms with Gasteiger partial charge in [0.25, 0.3) is 5.91 Å². The molecule has 1 aromatic carbocycles. The summed E-state index contributed by atoms with van der Waals surface area (Å²) in [5.41, 5.74) is 1.14. The Hall–Kier alpha value is -2.27. The van der Waals surface area contributed by atoms with E-state index in [-0.39, 0.29) is 18.4 Å². The fourth-order valence-corrected chi connectivity index (χ4v) is 2.08. The molecule has 1 aromatic heterocycles. The quantitative estimate of drug-likeness (QED) is 0.943. The van der Waals surface area contributed by atoms with Gasteiger partial charge in [0.2, 0.25) is 6.79 Å². The first-order valence-electron chi connectivity index (χ1n) is 6.01. The molecule has 0 bridgehead atoms. The molecule has 6 heteroatoms. The van der Waals surface area contributed by atoms with E-state index in [9.17, 15) is 4.79 Å². The van der Waals surface area contributed by atoms with E-state index in [1.54, 1.807) is 6.07 Å². The summed E-state index contributed by atoms with van der Waals surface area (Å²) in [5.74, 6) is 1.08. The third-order valence-corrected chi connectivity index (χ3v) is 3.11. The summed E-state index contributed by atoms with van der Waals surface area (Å²) in [5, 5.41) is 3.25. The Morgan fingerprint density at radius 1 is 1.35 bits per heavy atom. The summed E-state index contributed by atoms with van der Waals surface area (Å²) in [4.78, 5) is 15.9. The average Bonchev–Trinajstić information content (AvgIpc) is 2.93. The van der Waals surface area contributed by atoms with Crippen LogP contribution >= 0.6 is 11.6 Å². The van der Waals surface area contributed by atoms with Crippen LogP contribution in [0.4, 0.5) is 0 Å². The van der Waals surface area contributed by atoms with Crippen molar-refractivity contribution in [2.45, 2.75) is 6.54 Å². The van der Waals surface area contributed by atoms with Gasteiger partial charge >= 0.3 is 0 Å². The number of ether oxygens (including phenoxy) is 2. The number of carbonyl (C=O) groups is 1. The van der Waals surface area contributed by atoms with Crippen LogP contribution in [-0.4, -0.2) is 17.7 Å². The number of benzene rings is 1. The van der Waals surface area contributed by atoms with Crippen molar-refractivity contribution in [3.63, 3.8) is 0 Å². The van der Waals surface area contributed by atoms with Gasteiger partial charge in [-0.15, -0.1) is 0 Å². The van der Waals surface area contributed by atoms with Crippen molar-refractivity contribution in [2.75, 3.05) is 6.79 Å². The highest BCUT2D eigenvalue weighted by molar-refractivity contribution is 6.30. The Bertz CT molecular complexity index is 661. The highest BCUT2D eigenvalue weighted by Crippen LogP contribution is 2.35. The van der Waals surface area contributed by atoms with Crippen molar-refractivity contribution in [1.29, 1.82) is 0 Å². The number of aromatic nitrogens is 1. The minimum Gasteiger partial charge on any atom is -0.454 e. The summed E-state index contributed by atoms with van der Waals surface area (Å²) in [6, 6.07) is 8.69. The zero-order chi connectivity index (χ0) is 13.9. The van der Waals surface area contributed by atoms with Crippen LogP contribution in [0.15, 0.2) is 36.5 Å². The first-order valence-corrected chi connectivity index (χ1v) is 6.39. The number of fused-ring (bicyclic) bond motifs is 1. The topological polar surface area (TPSA) is 60.5 Å². The van der Waals surface area contributed by atoms with Gasteiger partial charge in [-0.2, -0.15) is 0 Å². The molecule has 0 atom stereocenters. The van der Waals surface area contributed by atoms with E-state index in [4.69, 9.17) is 21.1 Å². The standard InChI is InChI=1S/C14H11ClN2O3/c15-10-4-5-16-11(6-10)14(18)17-7-9-2-1-3-12-13(9)20-8-19-12/h1-6H,7-8H2,(H,17,18). The summed E-state index contributed by atoms with van der Waals surface area (Å²) < 4.78 is 10.7. The van der Waals surface area contributed by atoms with E-state index in [2.05, 4.69) is 10.3 Å². The number of hydrogen-bond acceptors (Lipinski definition) is 4. The summed E-state index contributed by atoms with van der Waals surface area (Å²) in [7, 11) is 0. The van der Waals surface area contributed by atoms with E-state index in [1.807, 2.05) is 18.2 Å². The van der Waals surface area contributed by atoms with Crippen LogP contribution in [0.2, 0.25) is 5.02 Å². The van der Waals surface area contributed by atoms with Gasteiger partial charge in [-0.05, 0) is 18.2 Å². The SMILES string of the molecule is O=C(NCc1cccc2c1OCO2)c1cc(Cl)ccn1. The van der Waals surface area contributed by atoms with Crippen LogP contribution in [-0.2, 0) is 6.54 Å². The lowest BCUT2D eigenvalue weighted by atomic mass is 10.2. The molecule has 3 rings (SSSR count). The number of carbonyl (C=O) groups excluding carboxylic acids is 1. The fourth-order valence-electron chi connectivity index (χ4n) is 1.92. The van der Waals surface area contributed by atoms with Gasteiger partial charge in [0.1, 0.15) is 5.69 Å². The number of nitrogens with zero attached hydrogens (tertiary/aromatic N) is 1. The normalized spacial score (nSPS) is 12.2. The van der Waals surface area contributed by atoms with Crippen LogP contribution < -0.4 is 14.8 Å². The number of pyridine rings is 1. The Balaban J connectivity index is 1.71. The molecule has 0 unspecified atom stereocenters. The van der Waals surface area contributed by atoms with Gasteiger partial charge in [-0.1, -0.05) is 23.7 Å². The second kappa shape index (κ2) is 5.38. The molecule has 0 fully saturated rings. The average molecular weight is 291 g/mol. The summed E-state index contributed by atoms with van der Waals surface area (Å²) in [6.45, 7) is 0.537. The van der Waals surface area contributed by atoms with Crippen LogP contribution in [0.25, 0.3) is 0 Å². The number of amides is 1. The Labute approximate surface area is 120 Å². The Morgan fingerprint density at radius 3 is 3.10 bits per heavy atom. The van der Waals surface area contributed by atoms with Crippen molar-refractivity contribution in [3.8, 4) is 11.5 Å². The number of hydrogen-bond donors (Lipinski definition) is 1. The molecular weight excluding hydrogens is 280 g/mol. The second-order valence-electron chi connectivity index (χ2n) is 4.19. The zero-order valence-electron chi connectivity index (χ0n) is 10.4. The molecule has 0 saturated carbocycles. The van der Waals surface area contributed by atoms with Crippen molar-refractivity contribution in [1.82, 2.24) is 10.3 Å². The predicted octanol–water partition coefficient (Wildman–Crippen LogP) is 2.39. The molecule has 2 heterocycles. The maximum Gasteiger partial charge on any atom is 0.270 e. The minimum atomic E-state index is -0.288. The van der Waals surface area contributed by atoms with E-state index in [1.165, 1.54) is 12.3 Å². The van der Waals surface area contributed by atoms with Gasteiger partial charge in [0, 0.05) is 23.3 Å². The van der Waals surface area contributed by atoms with Gasteiger partial charge < -0.3 is 14.8 Å². The van der Waals surface area contributed by atoms with E-state index in [0.29, 0.717) is 23.1 Å². The Morgan fingerprint density at radius 2 is 2.25 bits per heavy atom. The molecule has 1 N–H and O–H groups in total. The van der Waals surface area contributed by atoms with Gasteiger partial charge in [-0.3, -0.25) is 9.78 Å². The molecule has 0 saturated heterocycles. The monoisotopic (exact) mass is 290 g/mol. The molecule has 0 spiro atoms. The highest BCUT2D eigenvalue weighted by Gasteiger charge is 2.17. The molecule has 102 valence electrons. The molecular formula is C14H11ClN2O3. The summed E-state index contributed by atoms with van der Waals surface area (Å²) >= 11 is 5.83. The molecule has 1 aliphatic rings. The highest BCUT2D eigenvalue weighted by atomic mass is 35.5. The van der Waals surface area contributed by atoms with E-state index < -0.39 is 0 Å². The lowest BCUT2D eigenvalue weighted by Gasteiger charge is -2.07. The van der Waals surface area contributed by atoms with Crippen LogP contribution in [0.1, 0.15) is 16.1 Å². The van der Waals surface area contributed by atoms with Crippen molar-refractivity contribution in [3.05, 3.63) is 52.8 Å². The van der Waals surface area contributed by atoms with Crippen LogP contribution in [0, 0.1) is 0 Å². The third kappa shape index (κ3) is 2.53. The van der Waals surface area contributed by atoms with Crippen LogP contribution in [0.5, 0.6) is 11.5 Å². The van der Waals surface area contributed by atoms with Crippen molar-refractivity contribution >= 4 is 17.5 Å². The molecule has 0 radical (unpaired) electrons. The third-order valence-electron chi connectivity index (χ3n) is 2.87. The maximum absolute atomic E-state index is 12.0. The van der Waals surface area contributed by atoms with Gasteiger partial charge in [0.05, 0.1) is 0 Å². The summed E-state index contributed by atoms with van der Waals surface area (Å²) in [6.07, 6.45) is 1.49.